The molecular formula is C17H24O6. The van der Waals surface area contributed by atoms with Crippen molar-refractivity contribution in [3.8, 4) is 0 Å². The Morgan fingerprint density at radius 1 is 1.09 bits per heavy atom. The molecule has 2 N–H and O–H groups in total. The van der Waals surface area contributed by atoms with E-state index in [2.05, 4.69) is 0 Å². The number of hydrogen-bond donors (Lipinski definition) is 2. The topological polar surface area (TPSA) is 77.4 Å². The molecule has 0 radical (unpaired) electrons. The minimum absolute atomic E-state index is 0.116. The van der Waals surface area contributed by atoms with Gasteiger partial charge in [0.15, 0.2) is 12.1 Å². The lowest BCUT2D eigenvalue weighted by atomic mass is 9.92. The number of aliphatic hydroxyl groups is 2. The van der Waals surface area contributed by atoms with Gasteiger partial charge in [0.1, 0.15) is 17.8 Å². The van der Waals surface area contributed by atoms with Crippen molar-refractivity contribution in [1.82, 2.24) is 0 Å². The molecule has 2 aliphatic rings. The van der Waals surface area contributed by atoms with E-state index in [-0.39, 0.29) is 19.6 Å². The Bertz CT molecular complexity index is 519. The van der Waals surface area contributed by atoms with Crippen LogP contribution in [-0.4, -0.2) is 53.3 Å². The molecule has 2 heterocycles. The third kappa shape index (κ3) is 3.28. The van der Waals surface area contributed by atoms with Gasteiger partial charge in [0.25, 0.3) is 0 Å². The molecule has 0 saturated carbocycles. The Hall–Kier alpha value is -1.02. The van der Waals surface area contributed by atoms with Gasteiger partial charge >= 0.3 is 0 Å². The second-order valence-corrected chi connectivity index (χ2v) is 6.50. The van der Waals surface area contributed by atoms with Crippen LogP contribution in [0.15, 0.2) is 30.3 Å². The summed E-state index contributed by atoms with van der Waals surface area (Å²) in [5.74, 6) is -0.759. The van der Waals surface area contributed by atoms with Gasteiger partial charge in [-0.3, -0.25) is 0 Å². The third-order valence-corrected chi connectivity index (χ3v) is 4.33. The minimum atomic E-state index is -1.02. The second kappa shape index (κ2) is 6.47. The fraction of sp³-hybridized carbons (Fsp3) is 0.647. The number of benzene rings is 1. The maximum Gasteiger partial charge on any atom is 0.190 e. The van der Waals surface area contributed by atoms with E-state index in [4.69, 9.17) is 18.9 Å². The lowest BCUT2D eigenvalue weighted by molar-refractivity contribution is -0.254. The average molecular weight is 324 g/mol. The van der Waals surface area contributed by atoms with Gasteiger partial charge in [-0.15, -0.1) is 0 Å². The largest absolute Gasteiger partial charge is 0.396 e. The van der Waals surface area contributed by atoms with Crippen molar-refractivity contribution in [3.63, 3.8) is 0 Å². The van der Waals surface area contributed by atoms with Gasteiger partial charge in [0.05, 0.1) is 13.2 Å². The van der Waals surface area contributed by atoms with Gasteiger partial charge in [0, 0.05) is 13.0 Å². The lowest BCUT2D eigenvalue weighted by Gasteiger charge is -2.35. The molecule has 1 aromatic carbocycles. The number of fused-ring (bicyclic) bond motifs is 1. The summed E-state index contributed by atoms with van der Waals surface area (Å²) in [6.07, 6.45) is -1.31. The average Bonchev–Trinajstić information content (AvgIpc) is 2.96. The van der Waals surface area contributed by atoms with Crippen molar-refractivity contribution in [2.75, 3.05) is 13.2 Å². The number of aliphatic hydroxyl groups excluding tert-OH is 2. The molecule has 4 atom stereocenters. The summed E-state index contributed by atoms with van der Waals surface area (Å²) in [6, 6.07) is 9.76. The Kier molecular flexibility index (Phi) is 4.73. The predicted molar refractivity (Wildman–Crippen MR) is 81.4 cm³/mol. The van der Waals surface area contributed by atoms with Crippen LogP contribution in [0.25, 0.3) is 0 Å². The first kappa shape index (κ1) is 16.8. The fourth-order valence-corrected chi connectivity index (χ4v) is 3.25. The summed E-state index contributed by atoms with van der Waals surface area (Å²) in [7, 11) is 0. The molecule has 128 valence electrons. The highest BCUT2D eigenvalue weighted by atomic mass is 16.8. The van der Waals surface area contributed by atoms with Crippen molar-refractivity contribution in [2.45, 2.75) is 56.8 Å². The normalized spacial score (nSPS) is 35.4. The van der Waals surface area contributed by atoms with Crippen molar-refractivity contribution < 1.29 is 29.2 Å². The summed E-state index contributed by atoms with van der Waals surface area (Å²) in [6.45, 7) is 3.61. The zero-order valence-electron chi connectivity index (χ0n) is 13.5. The molecule has 0 amide bonds. The van der Waals surface area contributed by atoms with E-state index in [0.717, 1.165) is 5.56 Å². The first-order chi connectivity index (χ1) is 11.0. The standard InChI is InChI=1S/C17H24O6/c1-16(2)21-13-14(20-10-12-6-4-3-5-7-12)17(11-19,8-9-18)23-15(13)22-16/h3-7,13-15,18-19H,8-11H2,1-2H3/t13-,14-,15+,17+/m1/s1. The summed E-state index contributed by atoms with van der Waals surface area (Å²) in [5, 5.41) is 19.2. The molecular weight excluding hydrogens is 300 g/mol. The molecule has 1 aromatic rings. The van der Waals surface area contributed by atoms with Crippen LogP contribution in [0.2, 0.25) is 0 Å². The molecule has 2 saturated heterocycles. The first-order valence-corrected chi connectivity index (χ1v) is 7.90. The van der Waals surface area contributed by atoms with Crippen molar-refractivity contribution in [2.24, 2.45) is 0 Å². The Balaban J connectivity index is 1.78. The predicted octanol–water partition coefficient (Wildman–Crippen LogP) is 1.19. The van der Waals surface area contributed by atoms with E-state index >= 15 is 0 Å². The molecule has 0 unspecified atom stereocenters. The van der Waals surface area contributed by atoms with Crippen LogP contribution in [-0.2, 0) is 25.6 Å². The zero-order chi connectivity index (χ0) is 16.5. The van der Waals surface area contributed by atoms with E-state index in [1.165, 1.54) is 0 Å². The van der Waals surface area contributed by atoms with Crippen LogP contribution in [0.5, 0.6) is 0 Å². The van der Waals surface area contributed by atoms with Crippen LogP contribution in [0, 0.1) is 0 Å². The molecule has 23 heavy (non-hydrogen) atoms. The monoisotopic (exact) mass is 324 g/mol. The van der Waals surface area contributed by atoms with Gasteiger partial charge in [-0.1, -0.05) is 30.3 Å². The molecule has 0 spiro atoms. The van der Waals surface area contributed by atoms with Crippen LogP contribution in [0.4, 0.5) is 0 Å². The molecule has 0 aromatic heterocycles. The highest BCUT2D eigenvalue weighted by molar-refractivity contribution is 5.14. The van der Waals surface area contributed by atoms with E-state index in [1.807, 2.05) is 44.2 Å². The van der Waals surface area contributed by atoms with Crippen LogP contribution < -0.4 is 0 Å². The number of ether oxygens (including phenoxy) is 4. The minimum Gasteiger partial charge on any atom is -0.396 e. The van der Waals surface area contributed by atoms with Gasteiger partial charge < -0.3 is 29.2 Å². The molecule has 6 nitrogen and oxygen atoms in total. The van der Waals surface area contributed by atoms with E-state index < -0.39 is 29.9 Å². The van der Waals surface area contributed by atoms with Crippen LogP contribution in [0.1, 0.15) is 25.8 Å². The van der Waals surface area contributed by atoms with Gasteiger partial charge in [-0.25, -0.2) is 0 Å². The van der Waals surface area contributed by atoms with Gasteiger partial charge in [-0.2, -0.15) is 0 Å². The maximum atomic E-state index is 9.87. The zero-order valence-corrected chi connectivity index (χ0v) is 13.5. The molecule has 6 heteroatoms. The van der Waals surface area contributed by atoms with Crippen LogP contribution in [0.3, 0.4) is 0 Å². The maximum absolute atomic E-state index is 9.87. The number of hydrogen-bond acceptors (Lipinski definition) is 6. The Morgan fingerprint density at radius 2 is 1.83 bits per heavy atom. The second-order valence-electron chi connectivity index (χ2n) is 6.50. The summed E-state index contributed by atoms with van der Waals surface area (Å²) in [5.41, 5.74) is -0.00000342. The van der Waals surface area contributed by atoms with Crippen molar-refractivity contribution >= 4 is 0 Å². The fourth-order valence-electron chi connectivity index (χ4n) is 3.25. The highest BCUT2D eigenvalue weighted by Gasteiger charge is 2.62. The molecule has 3 rings (SSSR count). The van der Waals surface area contributed by atoms with Crippen LogP contribution >= 0.6 is 0 Å². The van der Waals surface area contributed by atoms with Crippen molar-refractivity contribution in [1.29, 1.82) is 0 Å². The molecule has 0 aliphatic carbocycles. The third-order valence-electron chi connectivity index (χ3n) is 4.33. The summed E-state index contributed by atoms with van der Waals surface area (Å²) in [4.78, 5) is 0. The van der Waals surface area contributed by atoms with Gasteiger partial charge in [0.2, 0.25) is 0 Å². The molecule has 0 bridgehead atoms. The SMILES string of the molecule is CC1(C)O[C@H]2O[C@](CO)(CCO)[C@H](OCc3ccccc3)[C@H]2O1. The van der Waals surface area contributed by atoms with Crippen molar-refractivity contribution in [3.05, 3.63) is 35.9 Å². The smallest absolute Gasteiger partial charge is 0.190 e. The Morgan fingerprint density at radius 3 is 2.48 bits per heavy atom. The quantitative estimate of drug-likeness (QED) is 0.819. The number of rotatable bonds is 6. The molecule has 2 fully saturated rings. The highest BCUT2D eigenvalue weighted by Crippen LogP contribution is 2.45. The van der Waals surface area contributed by atoms with Gasteiger partial charge in [-0.05, 0) is 19.4 Å². The Labute approximate surface area is 135 Å². The first-order valence-electron chi connectivity index (χ1n) is 7.90. The van der Waals surface area contributed by atoms with E-state index in [0.29, 0.717) is 6.61 Å². The summed E-state index contributed by atoms with van der Waals surface area (Å²) >= 11 is 0. The lowest BCUT2D eigenvalue weighted by Crippen LogP contribution is -2.50. The van der Waals surface area contributed by atoms with E-state index in [1.54, 1.807) is 0 Å². The molecule has 2 aliphatic heterocycles. The van der Waals surface area contributed by atoms with E-state index in [9.17, 15) is 10.2 Å². The summed E-state index contributed by atoms with van der Waals surface area (Å²) < 4.78 is 23.6.